The van der Waals surface area contributed by atoms with Crippen LogP contribution in [0.15, 0.2) is 59.5 Å². The summed E-state index contributed by atoms with van der Waals surface area (Å²) in [4.78, 5) is 26.7. The van der Waals surface area contributed by atoms with Gasteiger partial charge >= 0.3 is 6.03 Å². The van der Waals surface area contributed by atoms with E-state index in [4.69, 9.17) is 0 Å². The number of benzene rings is 2. The van der Waals surface area contributed by atoms with Gasteiger partial charge in [-0.3, -0.25) is 4.79 Å². The Bertz CT molecular complexity index is 1000. The van der Waals surface area contributed by atoms with Crippen molar-refractivity contribution in [1.29, 1.82) is 0 Å². The molecule has 3 N–H and O–H groups in total. The third kappa shape index (κ3) is 6.53. The summed E-state index contributed by atoms with van der Waals surface area (Å²) in [5, 5.41) is 5.58. The van der Waals surface area contributed by atoms with Gasteiger partial charge in [0.25, 0.3) is 0 Å². The SMILES string of the molecule is CNS(=O)(=O)c1cccc(NC(=O)NC2CCN(C(=O)CCc3ccccc3)CC2)c1. The van der Waals surface area contributed by atoms with Gasteiger partial charge in [-0.05, 0) is 50.1 Å². The molecule has 0 aromatic heterocycles. The summed E-state index contributed by atoms with van der Waals surface area (Å²) >= 11 is 0. The lowest BCUT2D eigenvalue weighted by Crippen LogP contribution is -2.47. The first-order valence-corrected chi connectivity index (χ1v) is 11.8. The molecule has 9 heteroatoms. The van der Waals surface area contributed by atoms with Crippen molar-refractivity contribution in [3.05, 3.63) is 60.2 Å². The zero-order valence-electron chi connectivity index (χ0n) is 17.5. The van der Waals surface area contributed by atoms with E-state index >= 15 is 0 Å². The van der Waals surface area contributed by atoms with Gasteiger partial charge in [0.05, 0.1) is 4.90 Å². The summed E-state index contributed by atoms with van der Waals surface area (Å²) in [7, 11) is -2.25. The maximum absolute atomic E-state index is 12.5. The lowest BCUT2D eigenvalue weighted by molar-refractivity contribution is -0.132. The van der Waals surface area contributed by atoms with Crippen molar-refractivity contribution in [2.45, 2.75) is 36.6 Å². The zero-order valence-corrected chi connectivity index (χ0v) is 18.3. The van der Waals surface area contributed by atoms with Gasteiger partial charge in [0.1, 0.15) is 0 Å². The Kier molecular flexibility index (Phi) is 7.64. The molecule has 1 fully saturated rings. The summed E-state index contributed by atoms with van der Waals surface area (Å²) in [6, 6.07) is 15.6. The van der Waals surface area contributed by atoms with Crippen molar-refractivity contribution in [3.63, 3.8) is 0 Å². The van der Waals surface area contributed by atoms with E-state index in [9.17, 15) is 18.0 Å². The summed E-state index contributed by atoms with van der Waals surface area (Å²) in [5.74, 6) is 0.134. The third-order valence-electron chi connectivity index (χ3n) is 5.32. The minimum Gasteiger partial charge on any atom is -0.343 e. The Labute approximate surface area is 183 Å². The topological polar surface area (TPSA) is 108 Å². The molecule has 1 aliphatic heterocycles. The highest BCUT2D eigenvalue weighted by atomic mass is 32.2. The van der Waals surface area contributed by atoms with Crippen molar-refractivity contribution in [2.24, 2.45) is 0 Å². The van der Waals surface area contributed by atoms with Gasteiger partial charge in [-0.1, -0.05) is 36.4 Å². The van der Waals surface area contributed by atoms with Gasteiger partial charge in [0.2, 0.25) is 15.9 Å². The fourth-order valence-corrected chi connectivity index (χ4v) is 4.31. The fourth-order valence-electron chi connectivity index (χ4n) is 3.54. The van der Waals surface area contributed by atoms with Gasteiger partial charge < -0.3 is 15.5 Å². The molecule has 0 radical (unpaired) electrons. The molecule has 8 nitrogen and oxygen atoms in total. The van der Waals surface area contributed by atoms with Crippen LogP contribution in [0.2, 0.25) is 0 Å². The number of hydrogen-bond donors (Lipinski definition) is 3. The summed E-state index contributed by atoms with van der Waals surface area (Å²) in [5.41, 5.74) is 1.54. The molecule has 0 saturated carbocycles. The van der Waals surface area contributed by atoms with Crippen LogP contribution in [0.25, 0.3) is 0 Å². The first-order chi connectivity index (χ1) is 14.9. The molecule has 3 rings (SSSR count). The normalized spacial score (nSPS) is 14.8. The molecule has 0 unspecified atom stereocenters. The van der Waals surface area contributed by atoms with E-state index in [-0.39, 0.29) is 16.8 Å². The first-order valence-electron chi connectivity index (χ1n) is 10.3. The van der Waals surface area contributed by atoms with E-state index in [1.165, 1.54) is 19.2 Å². The van der Waals surface area contributed by atoms with E-state index in [0.717, 1.165) is 12.0 Å². The number of sulfonamides is 1. The molecule has 2 aromatic carbocycles. The van der Waals surface area contributed by atoms with Crippen LogP contribution in [0.3, 0.4) is 0 Å². The van der Waals surface area contributed by atoms with Crippen LogP contribution in [-0.2, 0) is 21.2 Å². The molecule has 1 aliphatic rings. The number of carbonyl (C=O) groups excluding carboxylic acids is 2. The monoisotopic (exact) mass is 444 g/mol. The van der Waals surface area contributed by atoms with E-state index in [0.29, 0.717) is 38.0 Å². The van der Waals surface area contributed by atoms with Crippen LogP contribution in [0.4, 0.5) is 10.5 Å². The standard InChI is InChI=1S/C22H28N4O4S/c1-23-31(29,30)20-9-5-8-19(16-20)25-22(28)24-18-12-14-26(15-13-18)21(27)11-10-17-6-3-2-4-7-17/h2-9,16,18,23H,10-15H2,1H3,(H2,24,25,28). The number of nitrogens with zero attached hydrogens (tertiary/aromatic N) is 1. The van der Waals surface area contributed by atoms with Gasteiger partial charge in [-0.15, -0.1) is 0 Å². The van der Waals surface area contributed by atoms with Crippen molar-refractivity contribution < 1.29 is 18.0 Å². The van der Waals surface area contributed by atoms with Crippen LogP contribution in [0.1, 0.15) is 24.8 Å². The number of carbonyl (C=O) groups is 2. The highest BCUT2D eigenvalue weighted by molar-refractivity contribution is 7.89. The van der Waals surface area contributed by atoms with Crippen molar-refractivity contribution >= 4 is 27.6 Å². The van der Waals surface area contributed by atoms with Crippen LogP contribution in [-0.4, -0.2) is 51.4 Å². The largest absolute Gasteiger partial charge is 0.343 e. The van der Waals surface area contributed by atoms with Gasteiger partial charge in [-0.25, -0.2) is 17.9 Å². The van der Waals surface area contributed by atoms with Crippen molar-refractivity contribution in [3.8, 4) is 0 Å². The summed E-state index contributed by atoms with van der Waals surface area (Å²) < 4.78 is 26.0. The van der Waals surface area contributed by atoms with E-state index in [2.05, 4.69) is 15.4 Å². The molecular formula is C22H28N4O4S. The summed E-state index contributed by atoms with van der Waals surface area (Å²) in [6.07, 6.45) is 2.56. The highest BCUT2D eigenvalue weighted by Crippen LogP contribution is 2.16. The quantitative estimate of drug-likeness (QED) is 0.609. The number of nitrogens with one attached hydrogen (secondary N) is 3. The van der Waals surface area contributed by atoms with E-state index < -0.39 is 16.1 Å². The number of piperidine rings is 1. The molecule has 0 bridgehead atoms. The lowest BCUT2D eigenvalue weighted by atomic mass is 10.0. The van der Waals surface area contributed by atoms with Crippen LogP contribution >= 0.6 is 0 Å². The number of urea groups is 1. The molecule has 166 valence electrons. The predicted molar refractivity (Wildman–Crippen MR) is 119 cm³/mol. The number of amides is 3. The second-order valence-corrected chi connectivity index (χ2v) is 9.36. The maximum Gasteiger partial charge on any atom is 0.319 e. The highest BCUT2D eigenvalue weighted by Gasteiger charge is 2.23. The molecule has 0 spiro atoms. The molecule has 0 atom stereocenters. The Hall–Kier alpha value is -2.91. The van der Waals surface area contributed by atoms with Crippen molar-refractivity contribution in [1.82, 2.24) is 14.9 Å². The van der Waals surface area contributed by atoms with Gasteiger partial charge in [0, 0.05) is 31.2 Å². The van der Waals surface area contributed by atoms with E-state index in [1.807, 2.05) is 35.2 Å². The van der Waals surface area contributed by atoms with Crippen LogP contribution in [0, 0.1) is 0 Å². The minimum atomic E-state index is -3.58. The number of likely N-dealkylation sites (tertiary alicyclic amines) is 1. The van der Waals surface area contributed by atoms with Crippen LogP contribution in [0.5, 0.6) is 0 Å². The number of hydrogen-bond acceptors (Lipinski definition) is 4. The second-order valence-electron chi connectivity index (χ2n) is 7.47. The maximum atomic E-state index is 12.5. The Morgan fingerprint density at radius 3 is 2.42 bits per heavy atom. The predicted octanol–water partition coefficient (Wildman–Crippen LogP) is 2.34. The molecule has 31 heavy (non-hydrogen) atoms. The first kappa shape index (κ1) is 22.8. The van der Waals surface area contributed by atoms with Gasteiger partial charge in [0.15, 0.2) is 0 Å². The smallest absolute Gasteiger partial charge is 0.319 e. The molecule has 0 aliphatic carbocycles. The molecule has 2 aromatic rings. The van der Waals surface area contributed by atoms with Crippen molar-refractivity contribution in [2.75, 3.05) is 25.5 Å². The molecule has 1 saturated heterocycles. The number of aryl methyl sites for hydroxylation is 1. The third-order valence-corrected chi connectivity index (χ3v) is 6.74. The second kappa shape index (κ2) is 10.4. The average Bonchev–Trinajstić information content (AvgIpc) is 2.78. The lowest BCUT2D eigenvalue weighted by Gasteiger charge is -2.32. The van der Waals surface area contributed by atoms with Gasteiger partial charge in [-0.2, -0.15) is 0 Å². The zero-order chi connectivity index (χ0) is 22.3. The Morgan fingerprint density at radius 1 is 1.03 bits per heavy atom. The fraction of sp³-hybridized carbons (Fsp3) is 0.364. The molecule has 1 heterocycles. The Morgan fingerprint density at radius 2 is 1.74 bits per heavy atom. The number of rotatable bonds is 7. The average molecular weight is 445 g/mol. The summed E-state index contributed by atoms with van der Waals surface area (Å²) in [6.45, 7) is 1.21. The number of anilines is 1. The van der Waals surface area contributed by atoms with Crippen LogP contribution < -0.4 is 15.4 Å². The van der Waals surface area contributed by atoms with E-state index in [1.54, 1.807) is 12.1 Å². The Balaban J connectivity index is 1.44. The molecule has 3 amide bonds. The minimum absolute atomic E-state index is 0.0394. The molecular weight excluding hydrogens is 416 g/mol.